The molecule has 1 aromatic rings. The van der Waals surface area contributed by atoms with Gasteiger partial charge >= 0.3 is 0 Å². The number of amides is 1. The Labute approximate surface area is 123 Å². The number of phenolic OH excluding ortho intramolecular Hbond substituents is 1. The minimum atomic E-state index is 0.0227. The summed E-state index contributed by atoms with van der Waals surface area (Å²) >= 11 is 1.49. The van der Waals surface area contributed by atoms with Gasteiger partial charge in [-0.25, -0.2) is 0 Å². The highest BCUT2D eigenvalue weighted by molar-refractivity contribution is 8.04. The third kappa shape index (κ3) is 2.75. The lowest BCUT2D eigenvalue weighted by Gasteiger charge is -2.13. The fourth-order valence-electron chi connectivity index (χ4n) is 2.28. The van der Waals surface area contributed by atoms with Crippen LogP contribution in [0.4, 0.5) is 0 Å². The van der Waals surface area contributed by atoms with Gasteiger partial charge in [0.1, 0.15) is 5.75 Å². The molecule has 4 heteroatoms. The van der Waals surface area contributed by atoms with E-state index >= 15 is 0 Å². The van der Waals surface area contributed by atoms with E-state index in [1.165, 1.54) is 11.8 Å². The van der Waals surface area contributed by atoms with Gasteiger partial charge < -0.3 is 10.4 Å². The molecule has 1 aromatic carbocycles. The first-order chi connectivity index (χ1) is 9.60. The average molecular weight is 289 g/mol. The SMILES string of the molecule is C=CC(=C1NC(=O)CS1)c1cc(CC)c(O)c(CC)c1. The lowest BCUT2D eigenvalue weighted by atomic mass is 9.96. The highest BCUT2D eigenvalue weighted by atomic mass is 32.2. The van der Waals surface area contributed by atoms with E-state index in [4.69, 9.17) is 0 Å². The van der Waals surface area contributed by atoms with Crippen molar-refractivity contribution in [2.45, 2.75) is 26.7 Å². The van der Waals surface area contributed by atoms with Crippen molar-refractivity contribution >= 4 is 23.2 Å². The summed E-state index contributed by atoms with van der Waals surface area (Å²) in [6.07, 6.45) is 3.30. The molecule has 1 amide bonds. The van der Waals surface area contributed by atoms with Crippen molar-refractivity contribution < 1.29 is 9.90 Å². The van der Waals surface area contributed by atoms with Crippen LogP contribution in [0.15, 0.2) is 29.8 Å². The maximum absolute atomic E-state index is 11.4. The second-order valence-electron chi connectivity index (χ2n) is 4.63. The zero-order valence-electron chi connectivity index (χ0n) is 11.8. The molecule has 1 fully saturated rings. The van der Waals surface area contributed by atoms with Crippen LogP contribution < -0.4 is 5.32 Å². The molecule has 1 saturated heterocycles. The summed E-state index contributed by atoms with van der Waals surface area (Å²) in [4.78, 5) is 11.4. The highest BCUT2D eigenvalue weighted by Crippen LogP contribution is 2.34. The van der Waals surface area contributed by atoms with Gasteiger partial charge in [-0.05, 0) is 41.7 Å². The molecule has 106 valence electrons. The molecule has 0 atom stereocenters. The smallest absolute Gasteiger partial charge is 0.235 e. The Morgan fingerprint density at radius 3 is 2.40 bits per heavy atom. The molecule has 0 aliphatic carbocycles. The Hall–Kier alpha value is -1.68. The molecule has 1 heterocycles. The van der Waals surface area contributed by atoms with Crippen molar-refractivity contribution in [1.29, 1.82) is 0 Å². The first-order valence-corrected chi connectivity index (χ1v) is 7.73. The van der Waals surface area contributed by atoms with Gasteiger partial charge in [-0.1, -0.05) is 38.3 Å². The largest absolute Gasteiger partial charge is 0.507 e. The minimum absolute atomic E-state index is 0.0227. The van der Waals surface area contributed by atoms with Gasteiger partial charge in [0.15, 0.2) is 0 Å². The second kappa shape index (κ2) is 6.18. The lowest BCUT2D eigenvalue weighted by molar-refractivity contribution is -0.117. The Balaban J connectivity index is 2.55. The zero-order valence-corrected chi connectivity index (χ0v) is 12.6. The van der Waals surface area contributed by atoms with Crippen molar-refractivity contribution in [3.63, 3.8) is 0 Å². The Bertz CT molecular complexity index is 565. The minimum Gasteiger partial charge on any atom is -0.507 e. The molecular weight excluding hydrogens is 270 g/mol. The van der Waals surface area contributed by atoms with E-state index in [-0.39, 0.29) is 5.91 Å². The van der Waals surface area contributed by atoms with Gasteiger partial charge in [-0.15, -0.1) is 0 Å². The van der Waals surface area contributed by atoms with Gasteiger partial charge in [-0.3, -0.25) is 4.79 Å². The Kier molecular flexibility index (Phi) is 4.55. The number of carbonyl (C=O) groups is 1. The Morgan fingerprint density at radius 2 is 2.00 bits per heavy atom. The first-order valence-electron chi connectivity index (χ1n) is 6.75. The number of aryl methyl sites for hydroxylation is 2. The fourth-order valence-corrected chi connectivity index (χ4v) is 3.17. The van der Waals surface area contributed by atoms with Gasteiger partial charge in [0.25, 0.3) is 0 Å². The summed E-state index contributed by atoms with van der Waals surface area (Å²) in [6.45, 7) is 7.89. The maximum Gasteiger partial charge on any atom is 0.235 e. The third-order valence-corrected chi connectivity index (χ3v) is 4.41. The topological polar surface area (TPSA) is 49.3 Å². The van der Waals surface area contributed by atoms with Gasteiger partial charge in [0.2, 0.25) is 5.91 Å². The van der Waals surface area contributed by atoms with Crippen LogP contribution in [-0.2, 0) is 17.6 Å². The van der Waals surface area contributed by atoms with E-state index in [1.807, 2.05) is 26.0 Å². The molecule has 3 nitrogen and oxygen atoms in total. The van der Waals surface area contributed by atoms with E-state index in [2.05, 4.69) is 11.9 Å². The number of benzene rings is 1. The molecule has 2 N–H and O–H groups in total. The lowest BCUT2D eigenvalue weighted by Crippen LogP contribution is -2.14. The van der Waals surface area contributed by atoms with E-state index in [9.17, 15) is 9.90 Å². The second-order valence-corrected chi connectivity index (χ2v) is 5.62. The number of rotatable bonds is 4. The summed E-state index contributed by atoms with van der Waals surface area (Å²) in [5.41, 5.74) is 3.77. The molecule has 0 spiro atoms. The number of phenols is 1. The van der Waals surface area contributed by atoms with Crippen molar-refractivity contribution in [2.75, 3.05) is 5.75 Å². The monoisotopic (exact) mass is 289 g/mol. The number of allylic oxidation sites excluding steroid dienone is 2. The predicted octanol–water partition coefficient (Wildman–Crippen LogP) is 3.23. The van der Waals surface area contributed by atoms with E-state index in [0.29, 0.717) is 11.5 Å². The molecular formula is C16H19NO2S. The van der Waals surface area contributed by atoms with Crippen LogP contribution in [0.1, 0.15) is 30.5 Å². The average Bonchev–Trinajstić information content (AvgIpc) is 2.87. The van der Waals surface area contributed by atoms with Crippen LogP contribution in [0.2, 0.25) is 0 Å². The van der Waals surface area contributed by atoms with Crippen molar-refractivity contribution in [2.24, 2.45) is 0 Å². The number of hydrogen-bond acceptors (Lipinski definition) is 3. The summed E-state index contributed by atoms with van der Waals surface area (Å²) in [6, 6.07) is 3.95. The molecule has 0 bridgehead atoms. The normalized spacial score (nSPS) is 17.0. The van der Waals surface area contributed by atoms with Crippen molar-refractivity contribution in [3.05, 3.63) is 46.5 Å². The summed E-state index contributed by atoms with van der Waals surface area (Å²) in [5, 5.41) is 13.9. The summed E-state index contributed by atoms with van der Waals surface area (Å²) < 4.78 is 0. The van der Waals surface area contributed by atoms with Crippen LogP contribution in [0, 0.1) is 0 Å². The molecule has 0 aromatic heterocycles. The van der Waals surface area contributed by atoms with Crippen LogP contribution in [0.25, 0.3) is 5.57 Å². The molecule has 0 saturated carbocycles. The number of hydrogen-bond donors (Lipinski definition) is 2. The molecule has 1 aliphatic rings. The number of carbonyl (C=O) groups excluding carboxylic acids is 1. The predicted molar refractivity (Wildman–Crippen MR) is 84.6 cm³/mol. The van der Waals surface area contributed by atoms with Crippen LogP contribution in [-0.4, -0.2) is 16.8 Å². The number of nitrogens with one attached hydrogen (secondary N) is 1. The van der Waals surface area contributed by atoms with Crippen LogP contribution in [0.5, 0.6) is 5.75 Å². The molecule has 1 aliphatic heterocycles. The molecule has 2 rings (SSSR count). The summed E-state index contributed by atoms with van der Waals surface area (Å²) in [5.74, 6) is 0.858. The standard InChI is InChI=1S/C16H19NO2S/c1-4-10-7-12(8-11(5-2)15(10)19)13(6-3)16-17-14(18)9-20-16/h6-8,19H,3-5,9H2,1-2H3,(H,17,18). The van der Waals surface area contributed by atoms with Gasteiger partial charge in [-0.2, -0.15) is 0 Å². The quantitative estimate of drug-likeness (QED) is 0.894. The van der Waals surface area contributed by atoms with Crippen LogP contribution in [0.3, 0.4) is 0 Å². The summed E-state index contributed by atoms with van der Waals surface area (Å²) in [7, 11) is 0. The molecule has 0 radical (unpaired) electrons. The van der Waals surface area contributed by atoms with Gasteiger partial charge in [0, 0.05) is 5.57 Å². The van der Waals surface area contributed by atoms with Gasteiger partial charge in [0.05, 0.1) is 10.8 Å². The zero-order chi connectivity index (χ0) is 14.7. The number of aromatic hydroxyl groups is 1. The van der Waals surface area contributed by atoms with Crippen molar-refractivity contribution in [1.82, 2.24) is 5.32 Å². The maximum atomic E-state index is 11.4. The Morgan fingerprint density at radius 1 is 1.40 bits per heavy atom. The molecule has 20 heavy (non-hydrogen) atoms. The van der Waals surface area contributed by atoms with Crippen LogP contribution >= 0.6 is 11.8 Å². The van der Waals surface area contributed by atoms with E-state index in [1.54, 1.807) is 6.08 Å². The van der Waals surface area contributed by atoms with E-state index < -0.39 is 0 Å². The number of thioether (sulfide) groups is 1. The first kappa shape index (κ1) is 14.7. The van der Waals surface area contributed by atoms with Crippen molar-refractivity contribution in [3.8, 4) is 5.75 Å². The highest BCUT2D eigenvalue weighted by Gasteiger charge is 2.20. The fraction of sp³-hybridized carbons (Fsp3) is 0.312. The molecule has 0 unspecified atom stereocenters. The van der Waals surface area contributed by atoms with E-state index in [0.717, 1.165) is 40.1 Å². The third-order valence-electron chi connectivity index (χ3n) is 3.39.